The van der Waals surface area contributed by atoms with Crippen molar-refractivity contribution >= 4 is 17.8 Å². The van der Waals surface area contributed by atoms with Crippen molar-refractivity contribution in [1.29, 1.82) is 0 Å². The molecule has 0 aromatic heterocycles. The maximum absolute atomic E-state index is 11.4. The first-order chi connectivity index (χ1) is 10.8. The van der Waals surface area contributed by atoms with Gasteiger partial charge in [0, 0.05) is 31.6 Å². The second kappa shape index (κ2) is 8.35. The van der Waals surface area contributed by atoms with Crippen LogP contribution in [0.25, 0.3) is 10.4 Å². The minimum absolute atomic E-state index is 0.0848. The van der Waals surface area contributed by atoms with Crippen LogP contribution < -0.4 is 5.32 Å². The highest BCUT2D eigenvalue weighted by Gasteiger charge is 2.46. The number of carbonyl (C=O) groups excluding carboxylic acids is 3. The molecular weight excluding hydrogens is 308 g/mol. The molecule has 0 bridgehead atoms. The van der Waals surface area contributed by atoms with Crippen molar-refractivity contribution < 1.29 is 28.6 Å². The van der Waals surface area contributed by atoms with Crippen LogP contribution in [-0.4, -0.2) is 48.9 Å². The molecule has 128 valence electrons. The lowest BCUT2D eigenvalue weighted by Gasteiger charge is -2.43. The summed E-state index contributed by atoms with van der Waals surface area (Å²) in [5.74, 6) is -1.83. The molecule has 0 spiro atoms. The first kappa shape index (κ1) is 18.7. The van der Waals surface area contributed by atoms with Gasteiger partial charge in [0.1, 0.15) is 12.7 Å². The van der Waals surface area contributed by atoms with Crippen LogP contribution in [0.5, 0.6) is 0 Å². The van der Waals surface area contributed by atoms with E-state index in [1.165, 1.54) is 20.8 Å². The van der Waals surface area contributed by atoms with Gasteiger partial charge in [-0.05, 0) is 5.53 Å². The van der Waals surface area contributed by atoms with Gasteiger partial charge in [0.15, 0.2) is 6.23 Å². The van der Waals surface area contributed by atoms with Crippen LogP contribution in [0.15, 0.2) is 5.11 Å². The number of azide groups is 1. The van der Waals surface area contributed by atoms with Gasteiger partial charge in [0.25, 0.3) is 0 Å². The monoisotopic (exact) mass is 328 g/mol. The second-order valence-electron chi connectivity index (χ2n) is 5.23. The summed E-state index contributed by atoms with van der Waals surface area (Å²) in [6.45, 7) is 5.41. The third kappa shape index (κ3) is 5.42. The molecule has 5 atom stereocenters. The van der Waals surface area contributed by atoms with Gasteiger partial charge in [-0.1, -0.05) is 12.0 Å². The summed E-state index contributed by atoms with van der Waals surface area (Å²) in [4.78, 5) is 36.4. The van der Waals surface area contributed by atoms with Crippen molar-refractivity contribution in [3.8, 4) is 0 Å². The number of rotatable bonds is 5. The van der Waals surface area contributed by atoms with Crippen LogP contribution >= 0.6 is 0 Å². The van der Waals surface area contributed by atoms with E-state index in [9.17, 15) is 14.4 Å². The summed E-state index contributed by atoms with van der Waals surface area (Å²) in [7, 11) is 0. The number of hydrogen-bond donors (Lipinski definition) is 1. The van der Waals surface area contributed by atoms with E-state index in [1.807, 2.05) is 0 Å². The summed E-state index contributed by atoms with van der Waals surface area (Å²) in [6.07, 6.45) is -2.53. The number of nitrogens with zero attached hydrogens (tertiary/aromatic N) is 3. The third-order valence-corrected chi connectivity index (χ3v) is 3.37. The van der Waals surface area contributed by atoms with Crippen molar-refractivity contribution in [2.45, 2.75) is 52.2 Å². The molecule has 1 rings (SSSR count). The predicted octanol–water partition coefficient (Wildman–Crippen LogP) is 0.657. The Morgan fingerprint density at radius 3 is 2.39 bits per heavy atom. The standard InChI is InChI=1S/C13H20N4O6/c1-6-10(5-21-8(3)19)23-13(16-17-14)11(15-7(2)18)12(6)22-9(4)20/h6,10-13H,5H2,1-4H3,(H,15,18)/t6-,10?,11?,12-,13+/m0/s1. The smallest absolute Gasteiger partial charge is 0.302 e. The zero-order valence-corrected chi connectivity index (χ0v) is 13.4. The molecule has 1 fully saturated rings. The molecule has 10 heteroatoms. The average Bonchev–Trinajstić information content (AvgIpc) is 2.43. The fourth-order valence-corrected chi connectivity index (χ4v) is 2.39. The number of ether oxygens (including phenoxy) is 3. The molecule has 1 aliphatic rings. The molecule has 2 unspecified atom stereocenters. The van der Waals surface area contributed by atoms with Crippen LogP contribution in [0.1, 0.15) is 27.7 Å². The Labute approximate surface area is 133 Å². The highest BCUT2D eigenvalue weighted by Crippen LogP contribution is 2.29. The minimum atomic E-state index is -1.09. The number of hydrogen-bond acceptors (Lipinski definition) is 7. The predicted molar refractivity (Wildman–Crippen MR) is 76.8 cm³/mol. The Kier molecular flexibility index (Phi) is 6.80. The molecule has 0 aromatic carbocycles. The molecule has 1 heterocycles. The second-order valence-corrected chi connectivity index (χ2v) is 5.23. The van der Waals surface area contributed by atoms with Gasteiger partial charge < -0.3 is 19.5 Å². The number of nitrogens with one attached hydrogen (secondary N) is 1. The van der Waals surface area contributed by atoms with Crippen molar-refractivity contribution in [1.82, 2.24) is 5.32 Å². The molecule has 10 nitrogen and oxygen atoms in total. The van der Waals surface area contributed by atoms with Gasteiger partial charge in [-0.3, -0.25) is 14.4 Å². The van der Waals surface area contributed by atoms with E-state index in [4.69, 9.17) is 19.7 Å². The lowest BCUT2D eigenvalue weighted by molar-refractivity contribution is -0.192. The fraction of sp³-hybridized carbons (Fsp3) is 0.769. The number of carbonyl (C=O) groups is 3. The maximum Gasteiger partial charge on any atom is 0.302 e. The van der Waals surface area contributed by atoms with Crippen LogP contribution in [-0.2, 0) is 28.6 Å². The van der Waals surface area contributed by atoms with E-state index < -0.39 is 42.3 Å². The van der Waals surface area contributed by atoms with Gasteiger partial charge in [-0.2, -0.15) is 0 Å². The van der Waals surface area contributed by atoms with E-state index in [0.717, 1.165) is 0 Å². The Hall–Kier alpha value is -2.32. The molecule has 0 aromatic rings. The largest absolute Gasteiger partial charge is 0.463 e. The highest BCUT2D eigenvalue weighted by atomic mass is 16.6. The summed E-state index contributed by atoms with van der Waals surface area (Å²) in [6, 6.07) is -0.837. The Balaban J connectivity index is 3.06. The van der Waals surface area contributed by atoms with E-state index in [-0.39, 0.29) is 12.5 Å². The molecule has 0 radical (unpaired) electrons. The average molecular weight is 328 g/mol. The molecule has 1 amide bonds. The third-order valence-electron chi connectivity index (χ3n) is 3.37. The normalized spacial score (nSPS) is 29.8. The quantitative estimate of drug-likeness (QED) is 0.340. The van der Waals surface area contributed by atoms with Gasteiger partial charge in [0.05, 0.1) is 12.1 Å². The number of esters is 2. The first-order valence-electron chi connectivity index (χ1n) is 7.03. The van der Waals surface area contributed by atoms with Crippen molar-refractivity contribution in [3.05, 3.63) is 10.4 Å². The minimum Gasteiger partial charge on any atom is -0.463 e. The van der Waals surface area contributed by atoms with Gasteiger partial charge in [-0.25, -0.2) is 0 Å². The van der Waals surface area contributed by atoms with Crippen LogP contribution in [0, 0.1) is 5.92 Å². The Morgan fingerprint density at radius 1 is 1.26 bits per heavy atom. The zero-order chi connectivity index (χ0) is 17.6. The molecule has 23 heavy (non-hydrogen) atoms. The summed E-state index contributed by atoms with van der Waals surface area (Å²) in [5, 5.41) is 6.07. The maximum atomic E-state index is 11.4. The molecule has 0 saturated carbocycles. The summed E-state index contributed by atoms with van der Waals surface area (Å²) < 4.78 is 15.8. The molecule has 0 aliphatic carbocycles. The van der Waals surface area contributed by atoms with Gasteiger partial charge in [-0.15, -0.1) is 0 Å². The van der Waals surface area contributed by atoms with E-state index >= 15 is 0 Å². The topological polar surface area (TPSA) is 140 Å². The fourth-order valence-electron chi connectivity index (χ4n) is 2.39. The highest BCUT2D eigenvalue weighted by molar-refractivity contribution is 5.73. The van der Waals surface area contributed by atoms with Gasteiger partial charge >= 0.3 is 11.9 Å². The lowest BCUT2D eigenvalue weighted by Crippen LogP contribution is -2.61. The van der Waals surface area contributed by atoms with Crippen molar-refractivity contribution in [2.24, 2.45) is 11.0 Å². The van der Waals surface area contributed by atoms with Crippen LogP contribution in [0.3, 0.4) is 0 Å². The summed E-state index contributed by atoms with van der Waals surface area (Å²) in [5.41, 5.74) is 8.68. The van der Waals surface area contributed by atoms with Crippen molar-refractivity contribution in [2.75, 3.05) is 6.61 Å². The molecule has 1 N–H and O–H groups in total. The SMILES string of the molecule is CC(=O)NC1[C@H](N=[N+]=[N-])OC(COC(C)=O)[C@H](C)[C@@H]1OC(C)=O. The van der Waals surface area contributed by atoms with Crippen LogP contribution in [0.4, 0.5) is 0 Å². The van der Waals surface area contributed by atoms with Crippen molar-refractivity contribution in [3.63, 3.8) is 0 Å². The van der Waals surface area contributed by atoms with E-state index in [2.05, 4.69) is 15.3 Å². The Bertz CT molecular complexity index is 519. The summed E-state index contributed by atoms with van der Waals surface area (Å²) >= 11 is 0. The molecular formula is C13H20N4O6. The Morgan fingerprint density at radius 2 is 1.91 bits per heavy atom. The van der Waals surface area contributed by atoms with Gasteiger partial charge in [0.2, 0.25) is 5.91 Å². The number of amides is 1. The molecule has 1 saturated heterocycles. The van der Waals surface area contributed by atoms with E-state index in [0.29, 0.717) is 0 Å². The zero-order valence-electron chi connectivity index (χ0n) is 13.4. The lowest BCUT2D eigenvalue weighted by atomic mass is 9.88. The first-order valence-corrected chi connectivity index (χ1v) is 7.03. The van der Waals surface area contributed by atoms with Crippen LogP contribution in [0.2, 0.25) is 0 Å². The molecule has 1 aliphatic heterocycles. The van der Waals surface area contributed by atoms with E-state index in [1.54, 1.807) is 6.92 Å².